The highest BCUT2D eigenvalue weighted by molar-refractivity contribution is 6.31. The number of rotatable bonds is 7. The molecule has 160 valence electrons. The number of halogens is 3. The average Bonchev–Trinajstić information content (AvgIpc) is 3.04. The molecule has 1 unspecified atom stereocenters. The number of nitrogens with one attached hydrogen (secondary N) is 1. The highest BCUT2D eigenvalue weighted by atomic mass is 35.5. The normalized spacial score (nSPS) is 14.3. The van der Waals surface area contributed by atoms with Gasteiger partial charge in [0.05, 0.1) is 12.6 Å². The van der Waals surface area contributed by atoms with Crippen molar-refractivity contribution in [1.29, 1.82) is 0 Å². The third kappa shape index (κ3) is 4.51. The van der Waals surface area contributed by atoms with Gasteiger partial charge in [-0.25, -0.2) is 18.7 Å². The van der Waals surface area contributed by atoms with Gasteiger partial charge in [0.15, 0.2) is 6.61 Å². The van der Waals surface area contributed by atoms with Crippen LogP contribution in [0.2, 0.25) is 5.02 Å². The van der Waals surface area contributed by atoms with Crippen LogP contribution in [0.5, 0.6) is 5.88 Å². The molecule has 3 heterocycles. The molecule has 1 atom stereocenters. The van der Waals surface area contributed by atoms with E-state index in [0.717, 1.165) is 0 Å². The van der Waals surface area contributed by atoms with E-state index in [1.807, 2.05) is 0 Å². The van der Waals surface area contributed by atoms with Crippen LogP contribution in [-0.4, -0.2) is 39.7 Å². The Balaban J connectivity index is 1.80. The fraction of sp³-hybridized carbons (Fsp3) is 0.400. The Labute approximate surface area is 177 Å². The third-order valence-electron chi connectivity index (χ3n) is 4.77. The molecule has 3 rings (SSSR count). The smallest absolute Gasteiger partial charge is 0.272 e. The van der Waals surface area contributed by atoms with Crippen molar-refractivity contribution in [3.05, 3.63) is 46.2 Å². The summed E-state index contributed by atoms with van der Waals surface area (Å²) in [5.41, 5.74) is 1.72. The van der Waals surface area contributed by atoms with Crippen molar-refractivity contribution >= 4 is 29.2 Å². The molecule has 1 N–H and O–H groups in total. The van der Waals surface area contributed by atoms with Crippen LogP contribution in [0.25, 0.3) is 0 Å². The van der Waals surface area contributed by atoms with E-state index in [-0.39, 0.29) is 35.2 Å². The van der Waals surface area contributed by atoms with Crippen molar-refractivity contribution in [2.24, 2.45) is 5.92 Å². The fourth-order valence-electron chi connectivity index (χ4n) is 3.03. The number of aromatic nitrogens is 2. The lowest BCUT2D eigenvalue weighted by Gasteiger charge is -2.25. The lowest BCUT2D eigenvalue weighted by molar-refractivity contribution is -0.118. The lowest BCUT2D eigenvalue weighted by atomic mass is 10.1. The molecule has 2 amide bonds. The van der Waals surface area contributed by atoms with Crippen molar-refractivity contribution in [3.8, 4) is 5.88 Å². The number of pyridine rings is 2. The van der Waals surface area contributed by atoms with E-state index in [0.29, 0.717) is 22.5 Å². The van der Waals surface area contributed by atoms with Crippen LogP contribution in [0.4, 0.5) is 14.6 Å². The van der Waals surface area contributed by atoms with Gasteiger partial charge in [0, 0.05) is 29.4 Å². The Morgan fingerprint density at radius 1 is 1.33 bits per heavy atom. The summed E-state index contributed by atoms with van der Waals surface area (Å²) in [5, 5.41) is 2.84. The van der Waals surface area contributed by atoms with Gasteiger partial charge in [-0.05, 0) is 24.6 Å². The molecule has 2 aromatic rings. The maximum atomic E-state index is 12.9. The van der Waals surface area contributed by atoms with Gasteiger partial charge in [-0.2, -0.15) is 0 Å². The van der Waals surface area contributed by atoms with Crippen LogP contribution in [0.3, 0.4) is 0 Å². The molecule has 0 saturated carbocycles. The molecule has 0 bridgehead atoms. The molecule has 1 aliphatic rings. The van der Waals surface area contributed by atoms with Crippen molar-refractivity contribution < 1.29 is 23.1 Å². The first kappa shape index (κ1) is 21.9. The average molecular weight is 439 g/mol. The van der Waals surface area contributed by atoms with Crippen LogP contribution >= 0.6 is 11.6 Å². The molecule has 0 spiro atoms. The second-order valence-electron chi connectivity index (χ2n) is 7.20. The van der Waals surface area contributed by atoms with Crippen LogP contribution in [0, 0.1) is 5.92 Å². The molecule has 2 aromatic heterocycles. The summed E-state index contributed by atoms with van der Waals surface area (Å²) in [6.07, 6.45) is 0.281. The van der Waals surface area contributed by atoms with E-state index >= 15 is 0 Å². The van der Waals surface area contributed by atoms with Gasteiger partial charge in [-0.3, -0.25) is 9.59 Å². The molecule has 0 saturated heterocycles. The van der Waals surface area contributed by atoms with Crippen LogP contribution in [0.1, 0.15) is 48.3 Å². The zero-order valence-corrected chi connectivity index (χ0v) is 17.4. The molecule has 30 heavy (non-hydrogen) atoms. The molecular formula is C20H21ClF2N4O3. The van der Waals surface area contributed by atoms with E-state index in [1.165, 1.54) is 18.5 Å². The first-order chi connectivity index (χ1) is 14.2. The maximum absolute atomic E-state index is 12.9. The van der Waals surface area contributed by atoms with Gasteiger partial charge in [-0.15, -0.1) is 0 Å². The summed E-state index contributed by atoms with van der Waals surface area (Å²) in [7, 11) is 0. The number of ether oxygens (including phenoxy) is 1. The maximum Gasteiger partial charge on any atom is 0.272 e. The number of fused-ring (bicyclic) bond motifs is 1. The summed E-state index contributed by atoms with van der Waals surface area (Å²) in [5.74, 6) is -0.360. The lowest BCUT2D eigenvalue weighted by Crippen LogP contribution is -2.27. The monoisotopic (exact) mass is 438 g/mol. The molecular weight excluding hydrogens is 418 g/mol. The quantitative estimate of drug-likeness (QED) is 0.704. The summed E-state index contributed by atoms with van der Waals surface area (Å²) < 4.78 is 29.5. The zero-order chi connectivity index (χ0) is 22.0. The first-order valence-electron chi connectivity index (χ1n) is 9.35. The SMILES string of the molecule is CC(C)C(=O)Nc1nccc2c1CN(C(C)c1cnc(OCC(F)F)c(Cl)c1)C2=O. The Hall–Kier alpha value is -2.81. The minimum absolute atomic E-state index is 0.0794. The number of carbonyl (C=O) groups excluding carboxylic acids is 2. The van der Waals surface area contributed by atoms with Gasteiger partial charge >= 0.3 is 0 Å². The fourth-order valence-corrected chi connectivity index (χ4v) is 3.26. The van der Waals surface area contributed by atoms with E-state index < -0.39 is 19.1 Å². The molecule has 0 radical (unpaired) electrons. The highest BCUT2D eigenvalue weighted by Crippen LogP contribution is 2.35. The number of anilines is 1. The van der Waals surface area contributed by atoms with Crippen LogP contribution in [0.15, 0.2) is 24.5 Å². The second kappa shape index (κ2) is 8.91. The zero-order valence-electron chi connectivity index (χ0n) is 16.7. The number of nitrogens with zero attached hydrogens (tertiary/aromatic N) is 3. The minimum Gasteiger partial charge on any atom is -0.471 e. The van der Waals surface area contributed by atoms with Gasteiger partial charge in [0.2, 0.25) is 11.8 Å². The summed E-state index contributed by atoms with van der Waals surface area (Å²) in [6, 6.07) is 2.74. The Morgan fingerprint density at radius 2 is 2.07 bits per heavy atom. The Morgan fingerprint density at radius 3 is 2.70 bits per heavy atom. The Bertz CT molecular complexity index is 971. The molecule has 0 fully saturated rings. The first-order valence-corrected chi connectivity index (χ1v) is 9.73. The van der Waals surface area contributed by atoms with E-state index in [4.69, 9.17) is 16.3 Å². The van der Waals surface area contributed by atoms with Crippen LogP contribution < -0.4 is 10.1 Å². The molecule has 7 nitrogen and oxygen atoms in total. The number of alkyl halides is 2. The van der Waals surface area contributed by atoms with Crippen molar-refractivity contribution in [2.75, 3.05) is 11.9 Å². The van der Waals surface area contributed by atoms with Crippen molar-refractivity contribution in [2.45, 2.75) is 39.8 Å². The number of amides is 2. The summed E-state index contributed by atoms with van der Waals surface area (Å²) in [6.45, 7) is 4.78. The number of hydrogen-bond acceptors (Lipinski definition) is 5. The number of carbonyl (C=O) groups is 2. The minimum atomic E-state index is -2.64. The molecule has 0 aromatic carbocycles. The molecule has 0 aliphatic carbocycles. The van der Waals surface area contributed by atoms with Gasteiger partial charge < -0.3 is 15.0 Å². The standard InChI is InChI=1S/C20H21ClF2N4O3/c1-10(2)18(28)26-17-14-8-27(20(29)13(14)4-5-24-17)11(3)12-6-15(21)19(25-7-12)30-9-16(22)23/h4-7,10-11,16H,8-9H2,1-3H3,(H,24,26,28). The Kier molecular flexibility index (Phi) is 6.50. The molecule has 1 aliphatic heterocycles. The van der Waals surface area contributed by atoms with E-state index in [9.17, 15) is 18.4 Å². The highest BCUT2D eigenvalue weighted by Gasteiger charge is 2.34. The van der Waals surface area contributed by atoms with Gasteiger partial charge in [0.25, 0.3) is 12.3 Å². The van der Waals surface area contributed by atoms with Gasteiger partial charge in [0.1, 0.15) is 10.8 Å². The van der Waals surface area contributed by atoms with Crippen molar-refractivity contribution in [3.63, 3.8) is 0 Å². The van der Waals surface area contributed by atoms with Gasteiger partial charge in [-0.1, -0.05) is 25.4 Å². The third-order valence-corrected chi connectivity index (χ3v) is 5.04. The molecule has 10 heteroatoms. The van der Waals surface area contributed by atoms with Crippen molar-refractivity contribution in [1.82, 2.24) is 14.9 Å². The van der Waals surface area contributed by atoms with Crippen LogP contribution in [-0.2, 0) is 11.3 Å². The summed E-state index contributed by atoms with van der Waals surface area (Å²) in [4.78, 5) is 34.8. The predicted octanol–water partition coefficient (Wildman–Crippen LogP) is 4.09. The summed E-state index contributed by atoms with van der Waals surface area (Å²) >= 11 is 6.11. The van der Waals surface area contributed by atoms with E-state index in [2.05, 4.69) is 15.3 Å². The topological polar surface area (TPSA) is 84.4 Å². The predicted molar refractivity (Wildman–Crippen MR) is 107 cm³/mol. The largest absolute Gasteiger partial charge is 0.471 e. The van der Waals surface area contributed by atoms with E-state index in [1.54, 1.807) is 31.7 Å². The second-order valence-corrected chi connectivity index (χ2v) is 7.60. The number of hydrogen-bond donors (Lipinski definition) is 1.